The van der Waals surface area contributed by atoms with Gasteiger partial charge in [-0.25, -0.2) is 4.98 Å². The molecular weight excluding hydrogens is 214 g/mol. The molecule has 1 amide bonds. The molecular formula is C13H15N3O. The van der Waals surface area contributed by atoms with E-state index in [0.29, 0.717) is 17.9 Å². The Hall–Kier alpha value is -2.10. The van der Waals surface area contributed by atoms with Crippen molar-refractivity contribution in [3.05, 3.63) is 35.9 Å². The first kappa shape index (κ1) is 11.4. The first-order valence-corrected chi connectivity index (χ1v) is 5.62. The Morgan fingerprint density at radius 1 is 1.35 bits per heavy atom. The number of nitrogens with zero attached hydrogens (tertiary/aromatic N) is 1. The van der Waals surface area contributed by atoms with Gasteiger partial charge in [-0.05, 0) is 19.1 Å². The zero-order chi connectivity index (χ0) is 12.3. The van der Waals surface area contributed by atoms with E-state index >= 15 is 0 Å². The van der Waals surface area contributed by atoms with E-state index in [2.05, 4.69) is 15.6 Å². The van der Waals surface area contributed by atoms with Crippen LogP contribution < -0.4 is 10.6 Å². The average molecular weight is 229 g/mol. The highest BCUT2D eigenvalue weighted by Gasteiger charge is 2.11. The molecule has 2 rings (SSSR count). The summed E-state index contributed by atoms with van der Waals surface area (Å²) in [7, 11) is 1.79. The Morgan fingerprint density at radius 2 is 2.12 bits per heavy atom. The fourth-order valence-corrected chi connectivity index (χ4v) is 1.75. The molecule has 2 aromatic rings. The number of hydrogen-bond donors (Lipinski definition) is 2. The molecule has 0 saturated heterocycles. The van der Waals surface area contributed by atoms with Crippen LogP contribution in [0, 0.1) is 0 Å². The SMILES string of the molecule is CCNC(=O)c1cc(NC)nc2ccccc12. The van der Waals surface area contributed by atoms with E-state index in [0.717, 1.165) is 10.9 Å². The van der Waals surface area contributed by atoms with Gasteiger partial charge in [0.2, 0.25) is 0 Å². The zero-order valence-corrected chi connectivity index (χ0v) is 9.95. The van der Waals surface area contributed by atoms with Crippen LogP contribution in [-0.4, -0.2) is 24.5 Å². The van der Waals surface area contributed by atoms with Crippen molar-refractivity contribution in [3.8, 4) is 0 Å². The molecule has 0 aliphatic carbocycles. The van der Waals surface area contributed by atoms with Crippen molar-refractivity contribution >= 4 is 22.6 Å². The minimum absolute atomic E-state index is 0.0670. The molecule has 0 radical (unpaired) electrons. The molecule has 1 heterocycles. The molecule has 0 aliphatic rings. The third-order valence-corrected chi connectivity index (χ3v) is 2.55. The van der Waals surface area contributed by atoms with Crippen LogP contribution >= 0.6 is 0 Å². The molecule has 0 aliphatic heterocycles. The second-order valence-corrected chi connectivity index (χ2v) is 3.68. The molecule has 0 unspecified atom stereocenters. The zero-order valence-electron chi connectivity index (χ0n) is 9.95. The van der Waals surface area contributed by atoms with Crippen molar-refractivity contribution in [1.82, 2.24) is 10.3 Å². The summed E-state index contributed by atoms with van der Waals surface area (Å²) in [6, 6.07) is 9.40. The second-order valence-electron chi connectivity index (χ2n) is 3.68. The van der Waals surface area contributed by atoms with Crippen molar-refractivity contribution in [1.29, 1.82) is 0 Å². The number of carbonyl (C=O) groups excluding carboxylic acids is 1. The predicted molar refractivity (Wildman–Crippen MR) is 69.3 cm³/mol. The second kappa shape index (κ2) is 4.82. The maximum atomic E-state index is 12.0. The van der Waals surface area contributed by atoms with E-state index in [1.165, 1.54) is 0 Å². The van der Waals surface area contributed by atoms with E-state index in [1.807, 2.05) is 31.2 Å². The first-order valence-electron chi connectivity index (χ1n) is 5.62. The molecule has 17 heavy (non-hydrogen) atoms. The number of fused-ring (bicyclic) bond motifs is 1. The van der Waals surface area contributed by atoms with Crippen LogP contribution in [0.15, 0.2) is 30.3 Å². The average Bonchev–Trinajstić information content (AvgIpc) is 2.37. The topological polar surface area (TPSA) is 54.0 Å². The number of carbonyl (C=O) groups is 1. The molecule has 0 fully saturated rings. The molecule has 0 atom stereocenters. The van der Waals surface area contributed by atoms with E-state index in [4.69, 9.17) is 0 Å². The van der Waals surface area contributed by atoms with E-state index in [9.17, 15) is 4.79 Å². The Morgan fingerprint density at radius 3 is 2.82 bits per heavy atom. The number of amides is 1. The summed E-state index contributed by atoms with van der Waals surface area (Å²) in [5.41, 5.74) is 1.47. The van der Waals surface area contributed by atoms with Crippen LogP contribution in [0.1, 0.15) is 17.3 Å². The number of anilines is 1. The van der Waals surface area contributed by atoms with Gasteiger partial charge in [-0.1, -0.05) is 18.2 Å². The van der Waals surface area contributed by atoms with E-state index < -0.39 is 0 Å². The summed E-state index contributed by atoms with van der Waals surface area (Å²) >= 11 is 0. The summed E-state index contributed by atoms with van der Waals surface area (Å²) in [6.07, 6.45) is 0. The van der Waals surface area contributed by atoms with Gasteiger partial charge in [-0.15, -0.1) is 0 Å². The summed E-state index contributed by atoms with van der Waals surface area (Å²) in [5, 5.41) is 6.65. The number of para-hydroxylation sites is 1. The predicted octanol–water partition coefficient (Wildman–Crippen LogP) is 2.03. The third kappa shape index (κ3) is 2.20. The van der Waals surface area contributed by atoms with Gasteiger partial charge in [0.05, 0.1) is 11.1 Å². The number of rotatable bonds is 3. The molecule has 1 aromatic heterocycles. The van der Waals surface area contributed by atoms with E-state index in [-0.39, 0.29) is 5.91 Å². The lowest BCUT2D eigenvalue weighted by molar-refractivity contribution is 0.0957. The fraction of sp³-hybridized carbons (Fsp3) is 0.231. The molecule has 1 aromatic carbocycles. The normalized spacial score (nSPS) is 10.2. The van der Waals surface area contributed by atoms with Crippen molar-refractivity contribution in [2.45, 2.75) is 6.92 Å². The van der Waals surface area contributed by atoms with Gasteiger partial charge in [0, 0.05) is 19.0 Å². The number of pyridine rings is 1. The van der Waals surface area contributed by atoms with Gasteiger partial charge in [0.15, 0.2) is 0 Å². The Bertz CT molecular complexity index is 551. The van der Waals surface area contributed by atoms with Gasteiger partial charge >= 0.3 is 0 Å². The van der Waals surface area contributed by atoms with Crippen molar-refractivity contribution in [3.63, 3.8) is 0 Å². The monoisotopic (exact) mass is 229 g/mol. The Kier molecular flexibility index (Phi) is 3.23. The summed E-state index contributed by atoms with van der Waals surface area (Å²) in [4.78, 5) is 16.4. The highest BCUT2D eigenvalue weighted by Crippen LogP contribution is 2.20. The van der Waals surface area contributed by atoms with Crippen LogP contribution in [0.4, 0.5) is 5.82 Å². The van der Waals surface area contributed by atoms with Crippen molar-refractivity contribution < 1.29 is 4.79 Å². The largest absolute Gasteiger partial charge is 0.373 e. The molecule has 0 spiro atoms. The molecule has 4 heteroatoms. The summed E-state index contributed by atoms with van der Waals surface area (Å²) in [5.74, 6) is 0.632. The Balaban J connectivity index is 2.62. The van der Waals surface area contributed by atoms with Crippen molar-refractivity contribution in [2.24, 2.45) is 0 Å². The van der Waals surface area contributed by atoms with Gasteiger partial charge < -0.3 is 10.6 Å². The van der Waals surface area contributed by atoms with Gasteiger partial charge in [0.1, 0.15) is 5.82 Å². The minimum Gasteiger partial charge on any atom is -0.373 e. The standard InChI is InChI=1S/C13H15N3O/c1-3-15-13(17)10-8-12(14-2)16-11-7-5-4-6-9(10)11/h4-8H,3H2,1-2H3,(H,14,16)(H,15,17). The Labute approximate surface area is 100 Å². The van der Waals surface area contributed by atoms with E-state index in [1.54, 1.807) is 13.1 Å². The van der Waals surface area contributed by atoms with Crippen LogP contribution in [0.3, 0.4) is 0 Å². The molecule has 0 saturated carbocycles. The summed E-state index contributed by atoms with van der Waals surface area (Å²) in [6.45, 7) is 2.52. The van der Waals surface area contributed by atoms with Crippen LogP contribution in [0.5, 0.6) is 0 Å². The molecule has 4 nitrogen and oxygen atoms in total. The maximum Gasteiger partial charge on any atom is 0.252 e. The maximum absolute atomic E-state index is 12.0. The lowest BCUT2D eigenvalue weighted by Gasteiger charge is -2.08. The number of aromatic nitrogens is 1. The minimum atomic E-state index is -0.0670. The molecule has 88 valence electrons. The molecule has 0 bridgehead atoms. The number of hydrogen-bond acceptors (Lipinski definition) is 3. The number of nitrogens with one attached hydrogen (secondary N) is 2. The van der Waals surface area contributed by atoms with Crippen molar-refractivity contribution in [2.75, 3.05) is 18.9 Å². The smallest absolute Gasteiger partial charge is 0.252 e. The van der Waals surface area contributed by atoms with Crippen LogP contribution in [0.25, 0.3) is 10.9 Å². The number of benzene rings is 1. The lowest BCUT2D eigenvalue weighted by atomic mass is 10.1. The quantitative estimate of drug-likeness (QED) is 0.846. The third-order valence-electron chi connectivity index (χ3n) is 2.55. The van der Waals surface area contributed by atoms with Gasteiger partial charge in [-0.3, -0.25) is 4.79 Å². The van der Waals surface area contributed by atoms with Crippen LogP contribution in [0.2, 0.25) is 0 Å². The summed E-state index contributed by atoms with van der Waals surface area (Å²) < 4.78 is 0. The lowest BCUT2D eigenvalue weighted by Crippen LogP contribution is -2.23. The van der Waals surface area contributed by atoms with Crippen LogP contribution in [-0.2, 0) is 0 Å². The fourth-order valence-electron chi connectivity index (χ4n) is 1.75. The highest BCUT2D eigenvalue weighted by molar-refractivity contribution is 6.06. The first-order chi connectivity index (χ1) is 8.26. The molecule has 2 N–H and O–H groups in total. The van der Waals surface area contributed by atoms with Gasteiger partial charge in [0.25, 0.3) is 5.91 Å². The highest BCUT2D eigenvalue weighted by atomic mass is 16.1. The van der Waals surface area contributed by atoms with Gasteiger partial charge in [-0.2, -0.15) is 0 Å².